The van der Waals surface area contributed by atoms with Crippen molar-refractivity contribution in [2.45, 2.75) is 39.2 Å². The van der Waals surface area contributed by atoms with Gasteiger partial charge in [0.05, 0.1) is 7.11 Å². The minimum atomic E-state index is -0.980. The normalized spacial score (nSPS) is 12.8. The zero-order valence-electron chi connectivity index (χ0n) is 15.9. The molecule has 2 aromatic carbocycles. The van der Waals surface area contributed by atoms with Crippen molar-refractivity contribution in [2.75, 3.05) is 12.4 Å². The molecule has 2 atom stereocenters. The molecule has 144 valence electrons. The SMILES string of the molecule is CC[C@H](C)c1ccccc1NC(=O)[C@H](C)OC(=O)c1cc(Cl)ccc1OC. The van der Waals surface area contributed by atoms with Crippen molar-refractivity contribution in [3.05, 3.63) is 58.6 Å². The number of hydrogen-bond donors (Lipinski definition) is 1. The number of carbonyl (C=O) groups excluding carboxylic acids is 2. The Bertz CT molecular complexity index is 822. The lowest BCUT2D eigenvalue weighted by atomic mass is 9.97. The van der Waals surface area contributed by atoms with E-state index < -0.39 is 18.0 Å². The van der Waals surface area contributed by atoms with Gasteiger partial charge in [-0.2, -0.15) is 0 Å². The number of methoxy groups -OCH3 is 1. The van der Waals surface area contributed by atoms with Gasteiger partial charge in [-0.3, -0.25) is 4.79 Å². The van der Waals surface area contributed by atoms with Crippen LogP contribution < -0.4 is 10.1 Å². The summed E-state index contributed by atoms with van der Waals surface area (Å²) in [5.74, 6) is -0.443. The van der Waals surface area contributed by atoms with E-state index in [-0.39, 0.29) is 5.56 Å². The fourth-order valence-corrected chi connectivity index (χ4v) is 2.78. The maximum atomic E-state index is 12.5. The summed E-state index contributed by atoms with van der Waals surface area (Å²) in [7, 11) is 1.45. The van der Waals surface area contributed by atoms with E-state index in [9.17, 15) is 9.59 Å². The van der Waals surface area contributed by atoms with Gasteiger partial charge < -0.3 is 14.8 Å². The molecule has 0 aromatic heterocycles. The first kappa shape index (κ1) is 20.8. The number of carbonyl (C=O) groups is 2. The summed E-state index contributed by atoms with van der Waals surface area (Å²) in [5, 5.41) is 3.23. The largest absolute Gasteiger partial charge is 0.496 e. The molecule has 1 amide bonds. The zero-order chi connectivity index (χ0) is 20.0. The van der Waals surface area contributed by atoms with Crippen LogP contribution in [-0.2, 0) is 9.53 Å². The molecule has 0 fully saturated rings. The molecule has 2 rings (SSSR count). The standard InChI is InChI=1S/C21H24ClNO4/c1-5-13(2)16-8-6-7-9-18(16)23-20(24)14(3)27-21(25)17-12-15(22)10-11-19(17)26-4/h6-14H,5H2,1-4H3,(H,23,24)/t13-,14-/m0/s1. The Morgan fingerprint density at radius 3 is 2.52 bits per heavy atom. The zero-order valence-corrected chi connectivity index (χ0v) is 16.7. The summed E-state index contributed by atoms with van der Waals surface area (Å²) in [6.07, 6.45) is -0.0300. The maximum Gasteiger partial charge on any atom is 0.342 e. The fourth-order valence-electron chi connectivity index (χ4n) is 2.61. The minimum absolute atomic E-state index is 0.171. The molecule has 0 radical (unpaired) electrons. The Hall–Kier alpha value is -2.53. The smallest absolute Gasteiger partial charge is 0.342 e. The van der Waals surface area contributed by atoms with Crippen LogP contribution in [0.2, 0.25) is 5.02 Å². The van der Waals surface area contributed by atoms with E-state index in [1.165, 1.54) is 20.1 Å². The van der Waals surface area contributed by atoms with Crippen molar-refractivity contribution in [1.82, 2.24) is 0 Å². The summed E-state index contributed by atoms with van der Waals surface area (Å²) >= 11 is 5.94. The number of rotatable bonds is 7. The number of halogens is 1. The lowest BCUT2D eigenvalue weighted by Crippen LogP contribution is -2.30. The highest BCUT2D eigenvalue weighted by Gasteiger charge is 2.22. The van der Waals surface area contributed by atoms with Crippen molar-refractivity contribution in [2.24, 2.45) is 0 Å². The van der Waals surface area contributed by atoms with Gasteiger partial charge in [0.25, 0.3) is 5.91 Å². The van der Waals surface area contributed by atoms with Gasteiger partial charge in [0, 0.05) is 10.7 Å². The summed E-state index contributed by atoms with van der Waals surface area (Å²) in [5.41, 5.74) is 1.94. The van der Waals surface area contributed by atoms with Gasteiger partial charge in [-0.15, -0.1) is 0 Å². The molecule has 1 N–H and O–H groups in total. The molecule has 0 saturated heterocycles. The fraction of sp³-hybridized carbons (Fsp3) is 0.333. The molecule has 0 spiro atoms. The van der Waals surface area contributed by atoms with Crippen molar-refractivity contribution < 1.29 is 19.1 Å². The number of esters is 1. The number of ether oxygens (including phenoxy) is 2. The van der Waals surface area contributed by atoms with Gasteiger partial charge in [-0.1, -0.05) is 43.6 Å². The summed E-state index contributed by atoms with van der Waals surface area (Å²) in [6.45, 7) is 5.71. The molecular formula is C21H24ClNO4. The minimum Gasteiger partial charge on any atom is -0.496 e. The third-order valence-corrected chi connectivity index (χ3v) is 4.63. The number of benzene rings is 2. The second kappa shape index (κ2) is 9.42. The average molecular weight is 390 g/mol. The Balaban J connectivity index is 2.11. The Kier molecular flexibility index (Phi) is 7.25. The van der Waals surface area contributed by atoms with E-state index in [0.717, 1.165) is 17.7 Å². The first-order valence-electron chi connectivity index (χ1n) is 8.81. The molecule has 6 heteroatoms. The van der Waals surface area contributed by atoms with Gasteiger partial charge in [0.2, 0.25) is 0 Å². The van der Waals surface area contributed by atoms with Crippen molar-refractivity contribution in [3.8, 4) is 5.75 Å². The molecular weight excluding hydrogens is 366 g/mol. The molecule has 2 aromatic rings. The van der Waals surface area contributed by atoms with Crippen LogP contribution in [0.15, 0.2) is 42.5 Å². The summed E-state index contributed by atoms with van der Waals surface area (Å²) in [6, 6.07) is 12.3. The second-order valence-corrected chi connectivity index (χ2v) is 6.71. The molecule has 0 saturated carbocycles. The van der Waals surface area contributed by atoms with Gasteiger partial charge in [0.15, 0.2) is 6.10 Å². The van der Waals surface area contributed by atoms with E-state index >= 15 is 0 Å². The van der Waals surface area contributed by atoms with Crippen LogP contribution in [0.5, 0.6) is 5.75 Å². The van der Waals surface area contributed by atoms with Crippen LogP contribution in [0.3, 0.4) is 0 Å². The average Bonchev–Trinajstić information content (AvgIpc) is 2.67. The van der Waals surface area contributed by atoms with Gasteiger partial charge >= 0.3 is 5.97 Å². The third kappa shape index (κ3) is 5.23. The van der Waals surface area contributed by atoms with E-state index in [0.29, 0.717) is 16.7 Å². The lowest BCUT2D eigenvalue weighted by Gasteiger charge is -2.18. The summed E-state index contributed by atoms with van der Waals surface area (Å²) in [4.78, 5) is 24.9. The molecule has 5 nitrogen and oxygen atoms in total. The molecule has 0 aliphatic heterocycles. The third-order valence-electron chi connectivity index (χ3n) is 4.40. The van der Waals surface area contributed by atoms with Gasteiger partial charge in [0.1, 0.15) is 11.3 Å². The van der Waals surface area contributed by atoms with Crippen LogP contribution in [0, 0.1) is 0 Å². The molecule has 0 aliphatic carbocycles. The molecule has 0 unspecified atom stereocenters. The number of hydrogen-bond acceptors (Lipinski definition) is 4. The predicted octanol–water partition coefficient (Wildman–Crippen LogP) is 5.05. The highest BCUT2D eigenvalue weighted by atomic mass is 35.5. The highest BCUT2D eigenvalue weighted by molar-refractivity contribution is 6.31. The van der Waals surface area contributed by atoms with Gasteiger partial charge in [-0.05, 0) is 49.1 Å². The van der Waals surface area contributed by atoms with Crippen LogP contribution in [0.4, 0.5) is 5.69 Å². The lowest BCUT2D eigenvalue weighted by molar-refractivity contribution is -0.123. The number of nitrogens with one attached hydrogen (secondary N) is 1. The molecule has 0 aliphatic rings. The van der Waals surface area contributed by atoms with E-state index in [1.54, 1.807) is 12.1 Å². The Morgan fingerprint density at radius 1 is 1.15 bits per heavy atom. The number of amides is 1. The van der Waals surface area contributed by atoms with Crippen molar-refractivity contribution in [3.63, 3.8) is 0 Å². The monoisotopic (exact) mass is 389 g/mol. The van der Waals surface area contributed by atoms with Crippen LogP contribution in [0.25, 0.3) is 0 Å². The van der Waals surface area contributed by atoms with Crippen LogP contribution in [0.1, 0.15) is 49.0 Å². The van der Waals surface area contributed by atoms with E-state index in [2.05, 4.69) is 19.2 Å². The highest BCUT2D eigenvalue weighted by Crippen LogP contribution is 2.27. The van der Waals surface area contributed by atoms with Gasteiger partial charge in [-0.25, -0.2) is 4.79 Å². The summed E-state index contributed by atoms with van der Waals surface area (Å²) < 4.78 is 10.5. The number of anilines is 1. The van der Waals surface area contributed by atoms with E-state index in [4.69, 9.17) is 21.1 Å². The first-order valence-corrected chi connectivity index (χ1v) is 9.19. The number of para-hydroxylation sites is 1. The van der Waals surface area contributed by atoms with E-state index in [1.807, 2.05) is 24.3 Å². The quantitative estimate of drug-likeness (QED) is 0.673. The maximum absolute atomic E-state index is 12.5. The van der Waals surface area contributed by atoms with Crippen molar-refractivity contribution in [1.29, 1.82) is 0 Å². The molecule has 27 heavy (non-hydrogen) atoms. The predicted molar refractivity (Wildman–Crippen MR) is 107 cm³/mol. The van der Waals surface area contributed by atoms with Crippen LogP contribution in [-0.4, -0.2) is 25.1 Å². The topological polar surface area (TPSA) is 64.6 Å². The van der Waals surface area contributed by atoms with Crippen LogP contribution >= 0.6 is 11.6 Å². The molecule has 0 bridgehead atoms. The van der Waals surface area contributed by atoms with Crippen molar-refractivity contribution >= 4 is 29.2 Å². The molecule has 0 heterocycles. The first-order chi connectivity index (χ1) is 12.9. The Morgan fingerprint density at radius 2 is 1.85 bits per heavy atom. The second-order valence-electron chi connectivity index (χ2n) is 6.28. The Labute approximate surface area is 164 Å².